The van der Waals surface area contributed by atoms with E-state index in [2.05, 4.69) is 6.92 Å². The highest BCUT2D eigenvalue weighted by molar-refractivity contribution is 5.87. The fraction of sp³-hybridized carbons (Fsp3) is 0.550. The molecule has 1 aromatic heterocycles. The maximum absolute atomic E-state index is 14.9. The van der Waals surface area contributed by atoms with Crippen molar-refractivity contribution < 1.29 is 4.39 Å². The third kappa shape index (κ3) is 3.26. The number of halogens is 1. The van der Waals surface area contributed by atoms with Crippen molar-refractivity contribution in [2.45, 2.75) is 52.5 Å². The lowest BCUT2D eigenvalue weighted by molar-refractivity contribution is 0.566. The molecule has 1 aromatic carbocycles. The lowest BCUT2D eigenvalue weighted by atomic mass is 10.1. The van der Waals surface area contributed by atoms with Gasteiger partial charge in [-0.25, -0.2) is 9.18 Å². The molecule has 1 aliphatic carbocycles. The van der Waals surface area contributed by atoms with Crippen LogP contribution in [0.4, 0.5) is 10.1 Å². The number of nitrogens with zero attached hydrogens (tertiary/aromatic N) is 4. The summed E-state index contributed by atoms with van der Waals surface area (Å²) in [5, 5.41) is 7.50. The Labute approximate surface area is 162 Å². The minimum Gasteiger partial charge on any atom is -0.369 e. The predicted octanol–water partition coefficient (Wildman–Crippen LogP) is 2.43. The summed E-state index contributed by atoms with van der Waals surface area (Å²) in [4.78, 5) is 27.0. The van der Waals surface area contributed by atoms with Gasteiger partial charge in [0.15, 0.2) is 0 Å². The Morgan fingerprint density at radius 3 is 2.50 bits per heavy atom. The van der Waals surface area contributed by atoms with Crippen LogP contribution in [0.25, 0.3) is 10.9 Å². The Morgan fingerprint density at radius 1 is 1.32 bits per heavy atom. The van der Waals surface area contributed by atoms with Crippen LogP contribution in [-0.4, -0.2) is 22.3 Å². The van der Waals surface area contributed by atoms with Gasteiger partial charge < -0.3 is 10.7 Å². The van der Waals surface area contributed by atoms with E-state index in [0.29, 0.717) is 27.4 Å². The second-order valence-corrected chi connectivity index (χ2v) is 7.52. The number of hydrogen-bond donors (Lipinski definition) is 1. The van der Waals surface area contributed by atoms with Crippen molar-refractivity contribution in [1.29, 1.82) is 5.26 Å². The first kappa shape index (κ1) is 19.9. The van der Waals surface area contributed by atoms with Gasteiger partial charge >= 0.3 is 5.69 Å². The first-order chi connectivity index (χ1) is 13.3. The standard InChI is InChI=1S/C18H23FN4O2.C2H3N/c1-3-11-6-7-21(9-11)16-10(2)15-13(8-14(16)19)17(24)23(20)18(25)22(15)12-4-5-12;1-2-3/h8,11-12H,3-7,9,20H2,1-2H3;1H3. The van der Waals surface area contributed by atoms with Crippen molar-refractivity contribution in [3.63, 3.8) is 0 Å². The highest BCUT2D eigenvalue weighted by atomic mass is 19.1. The minimum absolute atomic E-state index is 0.0457. The van der Waals surface area contributed by atoms with E-state index in [1.807, 2.05) is 4.90 Å². The van der Waals surface area contributed by atoms with Gasteiger partial charge in [0.25, 0.3) is 5.56 Å². The zero-order valence-corrected chi connectivity index (χ0v) is 16.5. The number of aryl methyl sites for hydroxylation is 1. The summed E-state index contributed by atoms with van der Waals surface area (Å²) in [6, 6.07) is 3.05. The second-order valence-electron chi connectivity index (χ2n) is 7.52. The van der Waals surface area contributed by atoms with Crippen LogP contribution in [-0.2, 0) is 0 Å². The second kappa shape index (κ2) is 7.66. The maximum atomic E-state index is 14.9. The number of fused-ring (bicyclic) bond motifs is 1. The molecule has 0 bridgehead atoms. The Bertz CT molecular complexity index is 1060. The van der Waals surface area contributed by atoms with Crippen molar-refractivity contribution in [2.24, 2.45) is 5.92 Å². The number of aromatic nitrogens is 2. The largest absolute Gasteiger partial charge is 0.369 e. The number of benzene rings is 1. The Hall–Kier alpha value is -2.82. The average Bonchev–Trinajstić information content (AvgIpc) is 3.39. The van der Waals surface area contributed by atoms with Gasteiger partial charge in [0.2, 0.25) is 0 Å². The molecular weight excluding hydrogens is 361 g/mol. The topological polar surface area (TPSA) is 97.1 Å². The Kier molecular flexibility index (Phi) is 5.45. The lowest BCUT2D eigenvalue weighted by Crippen LogP contribution is -2.44. The molecule has 1 aliphatic heterocycles. The third-order valence-corrected chi connectivity index (χ3v) is 5.66. The molecule has 8 heteroatoms. The summed E-state index contributed by atoms with van der Waals surface area (Å²) >= 11 is 0. The van der Waals surface area contributed by atoms with Crippen molar-refractivity contribution in [1.82, 2.24) is 9.24 Å². The van der Waals surface area contributed by atoms with E-state index < -0.39 is 17.1 Å². The van der Waals surface area contributed by atoms with E-state index in [1.54, 1.807) is 17.6 Å². The zero-order chi connectivity index (χ0) is 20.6. The molecule has 2 aliphatic rings. The van der Waals surface area contributed by atoms with Crippen molar-refractivity contribution >= 4 is 16.6 Å². The van der Waals surface area contributed by atoms with Crippen LogP contribution in [0, 0.1) is 30.0 Å². The maximum Gasteiger partial charge on any atom is 0.350 e. The quantitative estimate of drug-likeness (QED) is 0.816. The van der Waals surface area contributed by atoms with Crippen LogP contribution in [0.1, 0.15) is 51.1 Å². The van der Waals surface area contributed by atoms with Gasteiger partial charge in [0.05, 0.1) is 22.7 Å². The van der Waals surface area contributed by atoms with Gasteiger partial charge in [-0.1, -0.05) is 13.3 Å². The molecule has 2 N–H and O–H groups in total. The van der Waals surface area contributed by atoms with Crippen molar-refractivity contribution in [3.8, 4) is 6.07 Å². The van der Waals surface area contributed by atoms with E-state index in [0.717, 1.165) is 38.8 Å². The summed E-state index contributed by atoms with van der Waals surface area (Å²) in [7, 11) is 0. The van der Waals surface area contributed by atoms with E-state index in [9.17, 15) is 14.0 Å². The number of nitriles is 1. The van der Waals surface area contributed by atoms with Crippen molar-refractivity contribution in [2.75, 3.05) is 23.8 Å². The van der Waals surface area contributed by atoms with Crippen LogP contribution < -0.4 is 22.0 Å². The monoisotopic (exact) mass is 387 g/mol. The fourth-order valence-electron chi connectivity index (χ4n) is 4.09. The van der Waals surface area contributed by atoms with Crippen molar-refractivity contribution in [3.05, 3.63) is 38.3 Å². The molecule has 2 fully saturated rings. The van der Waals surface area contributed by atoms with Crippen LogP contribution in [0.15, 0.2) is 15.7 Å². The molecule has 7 nitrogen and oxygen atoms in total. The molecule has 2 aromatic rings. The van der Waals surface area contributed by atoms with Gasteiger partial charge in [-0.3, -0.25) is 9.36 Å². The molecular formula is C20H26FN5O2. The zero-order valence-electron chi connectivity index (χ0n) is 16.5. The summed E-state index contributed by atoms with van der Waals surface area (Å²) in [5.74, 6) is 5.78. The molecule has 1 saturated heterocycles. The van der Waals surface area contributed by atoms with Crippen LogP contribution in [0.5, 0.6) is 0 Å². The molecule has 0 radical (unpaired) electrons. The molecule has 0 spiro atoms. The van der Waals surface area contributed by atoms with E-state index >= 15 is 0 Å². The minimum atomic E-state index is -0.640. The molecule has 1 saturated carbocycles. The molecule has 28 heavy (non-hydrogen) atoms. The first-order valence-corrected chi connectivity index (χ1v) is 9.66. The van der Waals surface area contributed by atoms with Gasteiger partial charge in [-0.05, 0) is 38.2 Å². The van der Waals surface area contributed by atoms with Crippen LogP contribution in [0.3, 0.4) is 0 Å². The van der Waals surface area contributed by atoms with Gasteiger partial charge in [-0.15, -0.1) is 0 Å². The number of anilines is 1. The highest BCUT2D eigenvalue weighted by Crippen LogP contribution is 2.39. The molecule has 4 rings (SSSR count). The van der Waals surface area contributed by atoms with Gasteiger partial charge in [0.1, 0.15) is 5.82 Å². The molecule has 2 heterocycles. The normalized spacial score (nSPS) is 18.7. The summed E-state index contributed by atoms with van der Waals surface area (Å²) in [6.07, 6.45) is 3.85. The van der Waals surface area contributed by atoms with E-state index in [4.69, 9.17) is 11.1 Å². The number of rotatable bonds is 3. The predicted molar refractivity (Wildman–Crippen MR) is 107 cm³/mol. The SMILES string of the molecule is CC#N.CCC1CCN(c2c(F)cc3c(=O)n(N)c(=O)n(C4CC4)c3c2C)C1. The Morgan fingerprint density at radius 2 is 1.96 bits per heavy atom. The lowest BCUT2D eigenvalue weighted by Gasteiger charge is -2.24. The van der Waals surface area contributed by atoms with Crippen LogP contribution in [0.2, 0.25) is 0 Å². The number of nitrogens with two attached hydrogens (primary N) is 1. The summed E-state index contributed by atoms with van der Waals surface area (Å²) in [6.45, 7) is 6.98. The molecule has 0 amide bonds. The van der Waals surface area contributed by atoms with E-state index in [-0.39, 0.29) is 11.4 Å². The summed E-state index contributed by atoms with van der Waals surface area (Å²) in [5.41, 5.74) is 0.558. The molecule has 150 valence electrons. The third-order valence-electron chi connectivity index (χ3n) is 5.66. The fourth-order valence-corrected chi connectivity index (χ4v) is 4.09. The van der Waals surface area contributed by atoms with Gasteiger partial charge in [0, 0.05) is 31.6 Å². The average molecular weight is 387 g/mol. The highest BCUT2D eigenvalue weighted by Gasteiger charge is 2.32. The molecule has 1 atom stereocenters. The number of nitrogen functional groups attached to an aromatic ring is 1. The smallest absolute Gasteiger partial charge is 0.350 e. The van der Waals surface area contributed by atoms with Gasteiger partial charge in [-0.2, -0.15) is 9.94 Å². The summed E-state index contributed by atoms with van der Waals surface area (Å²) < 4.78 is 17.1. The first-order valence-electron chi connectivity index (χ1n) is 9.66. The van der Waals surface area contributed by atoms with Crippen LogP contribution >= 0.6 is 0 Å². The number of hydrogen-bond acceptors (Lipinski definition) is 5. The van der Waals surface area contributed by atoms with E-state index in [1.165, 1.54) is 13.0 Å². The Balaban J connectivity index is 0.000000706. The molecule has 1 unspecified atom stereocenters.